The van der Waals surface area contributed by atoms with Gasteiger partial charge < -0.3 is 21.1 Å². The van der Waals surface area contributed by atoms with Crippen LogP contribution in [0.2, 0.25) is 0 Å². The smallest absolute Gasteiger partial charge is 0.225 e. The van der Waals surface area contributed by atoms with E-state index in [9.17, 15) is 9.90 Å². The summed E-state index contributed by atoms with van der Waals surface area (Å²) < 4.78 is 0. The van der Waals surface area contributed by atoms with E-state index >= 15 is 0 Å². The quantitative estimate of drug-likeness (QED) is 0.664. The maximum absolute atomic E-state index is 11.9. The second kappa shape index (κ2) is 7.26. The lowest BCUT2D eigenvalue weighted by molar-refractivity contribution is -0.116. The Morgan fingerprint density at radius 3 is 2.60 bits per heavy atom. The Bertz CT molecular complexity index is 441. The number of nitrogens with two attached hydrogens (primary N) is 1. The monoisotopic (exact) mass is 279 g/mol. The topological polar surface area (TPSA) is 78.6 Å². The van der Waals surface area contributed by atoms with Gasteiger partial charge in [-0.05, 0) is 32.5 Å². The molecule has 0 spiro atoms. The van der Waals surface area contributed by atoms with E-state index in [1.807, 2.05) is 24.0 Å². The van der Waals surface area contributed by atoms with Gasteiger partial charge in [0.05, 0.1) is 17.0 Å². The highest BCUT2D eigenvalue weighted by Gasteiger charge is 2.17. The molecule has 0 aromatic heterocycles. The molecule has 0 aliphatic rings. The summed E-state index contributed by atoms with van der Waals surface area (Å²) in [7, 11) is 0. The van der Waals surface area contributed by atoms with Gasteiger partial charge in [-0.2, -0.15) is 0 Å². The third-order valence-corrected chi connectivity index (χ3v) is 2.95. The van der Waals surface area contributed by atoms with E-state index in [2.05, 4.69) is 5.32 Å². The Morgan fingerprint density at radius 1 is 1.40 bits per heavy atom. The third-order valence-electron chi connectivity index (χ3n) is 2.95. The van der Waals surface area contributed by atoms with Gasteiger partial charge in [0.1, 0.15) is 0 Å². The molecule has 0 unspecified atom stereocenters. The lowest BCUT2D eigenvalue weighted by Gasteiger charge is -2.27. The van der Waals surface area contributed by atoms with Crippen molar-refractivity contribution in [2.75, 3.05) is 30.7 Å². The van der Waals surface area contributed by atoms with E-state index in [1.165, 1.54) is 0 Å². The number of anilines is 2. The van der Waals surface area contributed by atoms with Crippen molar-refractivity contribution in [3.8, 4) is 0 Å². The van der Waals surface area contributed by atoms with Crippen LogP contribution in [0.1, 0.15) is 27.2 Å². The number of aliphatic hydroxyl groups is 1. The summed E-state index contributed by atoms with van der Waals surface area (Å²) >= 11 is 0. The van der Waals surface area contributed by atoms with Gasteiger partial charge in [-0.3, -0.25) is 4.79 Å². The first-order valence-corrected chi connectivity index (χ1v) is 6.91. The maximum Gasteiger partial charge on any atom is 0.225 e. The van der Waals surface area contributed by atoms with Crippen molar-refractivity contribution in [2.24, 2.45) is 0 Å². The fraction of sp³-hybridized carbons (Fsp3) is 0.533. The summed E-state index contributed by atoms with van der Waals surface area (Å²) in [5.41, 5.74) is 6.22. The zero-order chi connectivity index (χ0) is 15.2. The van der Waals surface area contributed by atoms with Gasteiger partial charge in [-0.25, -0.2) is 0 Å². The lowest BCUT2D eigenvalue weighted by atomic mass is 10.1. The van der Waals surface area contributed by atoms with Crippen LogP contribution in [0.4, 0.5) is 11.4 Å². The molecule has 0 heterocycles. The van der Waals surface area contributed by atoms with Crippen molar-refractivity contribution >= 4 is 17.3 Å². The lowest BCUT2D eigenvalue weighted by Crippen LogP contribution is -2.39. The van der Waals surface area contributed by atoms with Gasteiger partial charge in [0.25, 0.3) is 0 Å². The van der Waals surface area contributed by atoms with E-state index in [0.717, 1.165) is 6.54 Å². The number of carbonyl (C=O) groups is 1. The highest BCUT2D eigenvalue weighted by atomic mass is 16.3. The number of hydrogen-bond donors (Lipinski definition) is 3. The molecule has 0 atom stereocenters. The van der Waals surface area contributed by atoms with E-state index < -0.39 is 5.60 Å². The summed E-state index contributed by atoms with van der Waals surface area (Å²) in [4.78, 5) is 13.9. The van der Waals surface area contributed by atoms with Gasteiger partial charge in [0.15, 0.2) is 0 Å². The Kier molecular flexibility index (Phi) is 5.98. The Hall–Kier alpha value is -1.59. The van der Waals surface area contributed by atoms with Gasteiger partial charge in [0, 0.05) is 19.5 Å². The number of nitrogens with one attached hydrogen (secondary N) is 1. The van der Waals surface area contributed by atoms with E-state index in [1.54, 1.807) is 26.0 Å². The molecule has 4 N–H and O–H groups in total. The van der Waals surface area contributed by atoms with Gasteiger partial charge in [0.2, 0.25) is 5.91 Å². The second-order valence-corrected chi connectivity index (χ2v) is 5.57. The number of carbonyl (C=O) groups excluding carboxylic acids is 1. The number of nitrogens with zero attached hydrogens (tertiary/aromatic N) is 1. The van der Waals surface area contributed by atoms with Crippen molar-refractivity contribution in [1.82, 2.24) is 4.90 Å². The van der Waals surface area contributed by atoms with Gasteiger partial charge in [-0.15, -0.1) is 0 Å². The minimum absolute atomic E-state index is 0.0721. The minimum atomic E-state index is -0.754. The second-order valence-electron chi connectivity index (χ2n) is 5.57. The van der Waals surface area contributed by atoms with Crippen LogP contribution in [0.25, 0.3) is 0 Å². The van der Waals surface area contributed by atoms with Crippen LogP contribution in [-0.4, -0.2) is 41.1 Å². The molecule has 0 aliphatic heterocycles. The van der Waals surface area contributed by atoms with Crippen LogP contribution in [0.5, 0.6) is 0 Å². The molecule has 0 saturated carbocycles. The standard InChI is InChI=1S/C15H25N3O2/c1-4-18(11-15(2,3)20)10-9-14(19)17-13-8-6-5-7-12(13)16/h5-8,20H,4,9-11,16H2,1-3H3,(H,17,19). The summed E-state index contributed by atoms with van der Waals surface area (Å²) in [6, 6.07) is 7.19. The summed E-state index contributed by atoms with van der Waals surface area (Å²) in [5, 5.41) is 12.6. The highest BCUT2D eigenvalue weighted by Crippen LogP contribution is 2.16. The van der Waals surface area contributed by atoms with Gasteiger partial charge in [-0.1, -0.05) is 19.1 Å². The minimum Gasteiger partial charge on any atom is -0.397 e. The molecule has 1 rings (SSSR count). The number of rotatable bonds is 7. The van der Waals surface area contributed by atoms with Gasteiger partial charge >= 0.3 is 0 Å². The Morgan fingerprint density at radius 2 is 2.05 bits per heavy atom. The molecule has 20 heavy (non-hydrogen) atoms. The SMILES string of the molecule is CCN(CCC(=O)Nc1ccccc1N)CC(C)(C)O. The number of benzene rings is 1. The molecule has 0 fully saturated rings. The average Bonchev–Trinajstić information content (AvgIpc) is 2.36. The van der Waals surface area contributed by atoms with Crippen LogP contribution in [-0.2, 0) is 4.79 Å². The van der Waals surface area contributed by atoms with Crippen LogP contribution >= 0.6 is 0 Å². The molecular formula is C15H25N3O2. The van der Waals surface area contributed by atoms with E-state index in [4.69, 9.17) is 5.73 Å². The zero-order valence-corrected chi connectivity index (χ0v) is 12.5. The molecule has 1 aromatic rings. The fourth-order valence-corrected chi connectivity index (χ4v) is 1.98. The number of nitrogen functional groups attached to an aromatic ring is 1. The molecule has 0 aliphatic carbocycles. The summed E-state index contributed by atoms with van der Waals surface area (Å²) in [6.07, 6.45) is 0.373. The van der Waals surface area contributed by atoms with Crippen LogP contribution in [0.3, 0.4) is 0 Å². The van der Waals surface area contributed by atoms with Crippen LogP contribution in [0.15, 0.2) is 24.3 Å². The molecule has 0 saturated heterocycles. The molecule has 0 radical (unpaired) electrons. The molecular weight excluding hydrogens is 254 g/mol. The predicted molar refractivity (Wildman–Crippen MR) is 82.5 cm³/mol. The molecule has 1 aromatic carbocycles. The first-order valence-electron chi connectivity index (χ1n) is 6.91. The maximum atomic E-state index is 11.9. The van der Waals surface area contributed by atoms with E-state index in [0.29, 0.717) is 30.9 Å². The van der Waals surface area contributed by atoms with Crippen molar-refractivity contribution < 1.29 is 9.90 Å². The highest BCUT2D eigenvalue weighted by molar-refractivity contribution is 5.93. The molecule has 5 heteroatoms. The summed E-state index contributed by atoms with van der Waals surface area (Å²) in [5.74, 6) is -0.0721. The third kappa shape index (κ3) is 6.04. The first-order chi connectivity index (χ1) is 9.31. The largest absolute Gasteiger partial charge is 0.397 e. The Labute approximate surface area is 120 Å². The number of amides is 1. The number of hydrogen-bond acceptors (Lipinski definition) is 4. The first kappa shape index (κ1) is 16.5. The van der Waals surface area contributed by atoms with E-state index in [-0.39, 0.29) is 5.91 Å². The molecule has 5 nitrogen and oxygen atoms in total. The number of likely N-dealkylation sites (N-methyl/N-ethyl adjacent to an activating group) is 1. The van der Waals surface area contributed by atoms with Crippen molar-refractivity contribution in [1.29, 1.82) is 0 Å². The van der Waals surface area contributed by atoms with Crippen molar-refractivity contribution in [3.63, 3.8) is 0 Å². The van der Waals surface area contributed by atoms with Crippen molar-refractivity contribution in [3.05, 3.63) is 24.3 Å². The van der Waals surface area contributed by atoms with Crippen LogP contribution < -0.4 is 11.1 Å². The fourth-order valence-electron chi connectivity index (χ4n) is 1.98. The van der Waals surface area contributed by atoms with Crippen molar-refractivity contribution in [2.45, 2.75) is 32.8 Å². The molecule has 0 bridgehead atoms. The Balaban J connectivity index is 2.45. The molecule has 1 amide bonds. The summed E-state index contributed by atoms with van der Waals surface area (Å²) in [6.45, 7) is 7.49. The predicted octanol–water partition coefficient (Wildman–Crippen LogP) is 1.69. The average molecular weight is 279 g/mol. The van der Waals surface area contributed by atoms with Crippen LogP contribution in [0, 0.1) is 0 Å². The zero-order valence-electron chi connectivity index (χ0n) is 12.5. The molecule has 112 valence electrons. The normalized spacial score (nSPS) is 11.7. The number of para-hydroxylation sites is 2.